The normalized spacial score (nSPS) is 28.0. The van der Waals surface area contributed by atoms with Crippen LogP contribution < -0.4 is 0 Å². The van der Waals surface area contributed by atoms with Crippen LogP contribution in [0.4, 0.5) is 0 Å². The molecule has 3 nitrogen and oxygen atoms in total. The molecule has 1 aliphatic rings. The van der Waals surface area contributed by atoms with Crippen molar-refractivity contribution in [2.45, 2.75) is 44.3 Å². The molecule has 0 radical (unpaired) electrons. The zero-order valence-electron chi connectivity index (χ0n) is 10.2. The van der Waals surface area contributed by atoms with Gasteiger partial charge in [-0.1, -0.05) is 11.6 Å². The lowest BCUT2D eigenvalue weighted by Gasteiger charge is -2.41. The van der Waals surface area contributed by atoms with Gasteiger partial charge in [0.2, 0.25) is 0 Å². The van der Waals surface area contributed by atoms with Crippen molar-refractivity contribution in [2.24, 2.45) is 0 Å². The molecule has 1 aromatic rings. The van der Waals surface area contributed by atoms with Crippen molar-refractivity contribution >= 4 is 11.6 Å². The van der Waals surface area contributed by atoms with Gasteiger partial charge in [-0.3, -0.25) is 4.98 Å². The Morgan fingerprint density at radius 2 is 2.29 bits per heavy atom. The highest BCUT2D eigenvalue weighted by Crippen LogP contribution is 2.35. The molecule has 94 valence electrons. The van der Waals surface area contributed by atoms with Gasteiger partial charge in [0.25, 0.3) is 0 Å². The van der Waals surface area contributed by atoms with Crippen LogP contribution in [-0.4, -0.2) is 27.9 Å². The van der Waals surface area contributed by atoms with E-state index in [4.69, 9.17) is 16.3 Å². The third-order valence-electron chi connectivity index (χ3n) is 3.19. The Morgan fingerprint density at radius 1 is 1.53 bits per heavy atom. The van der Waals surface area contributed by atoms with E-state index < -0.39 is 5.60 Å². The Hall–Kier alpha value is -0.640. The molecular formula is C13H18ClNO2. The molecule has 2 heterocycles. The highest BCUT2D eigenvalue weighted by molar-refractivity contribution is 6.31. The van der Waals surface area contributed by atoms with Crippen LogP contribution in [0.1, 0.15) is 32.3 Å². The van der Waals surface area contributed by atoms with Gasteiger partial charge < -0.3 is 9.84 Å². The van der Waals surface area contributed by atoms with Crippen molar-refractivity contribution < 1.29 is 9.84 Å². The number of pyridine rings is 1. The molecule has 0 saturated carbocycles. The smallest absolute Gasteiger partial charge is 0.0737 e. The van der Waals surface area contributed by atoms with Gasteiger partial charge in [0.15, 0.2) is 0 Å². The van der Waals surface area contributed by atoms with Crippen LogP contribution in [0.25, 0.3) is 0 Å². The first kappa shape index (κ1) is 12.8. The number of aromatic nitrogens is 1. The predicted molar refractivity (Wildman–Crippen MR) is 67.2 cm³/mol. The highest BCUT2D eigenvalue weighted by atomic mass is 35.5. The first-order chi connectivity index (χ1) is 7.90. The van der Waals surface area contributed by atoms with Crippen molar-refractivity contribution in [3.8, 4) is 0 Å². The summed E-state index contributed by atoms with van der Waals surface area (Å²) in [7, 11) is 0. The average molecular weight is 256 g/mol. The van der Waals surface area contributed by atoms with Crippen LogP contribution >= 0.6 is 11.6 Å². The summed E-state index contributed by atoms with van der Waals surface area (Å²) >= 11 is 6.07. The van der Waals surface area contributed by atoms with E-state index in [1.807, 2.05) is 19.9 Å². The van der Waals surface area contributed by atoms with Crippen LogP contribution in [0.5, 0.6) is 0 Å². The number of aliphatic hydroxyl groups is 1. The zero-order chi connectivity index (χ0) is 12.5. The summed E-state index contributed by atoms with van der Waals surface area (Å²) in [6.07, 6.45) is 5.15. The van der Waals surface area contributed by atoms with Crippen LogP contribution in [0.2, 0.25) is 5.02 Å². The largest absolute Gasteiger partial charge is 0.389 e. The summed E-state index contributed by atoms with van der Waals surface area (Å²) < 4.78 is 5.62. The molecule has 2 rings (SSSR count). The van der Waals surface area contributed by atoms with Gasteiger partial charge >= 0.3 is 0 Å². The minimum atomic E-state index is -0.729. The van der Waals surface area contributed by atoms with Crippen molar-refractivity contribution in [3.05, 3.63) is 29.0 Å². The number of hydrogen-bond donors (Lipinski definition) is 1. The molecule has 1 N–H and O–H groups in total. The van der Waals surface area contributed by atoms with Gasteiger partial charge in [0.05, 0.1) is 22.8 Å². The van der Waals surface area contributed by atoms with Gasteiger partial charge in [-0.2, -0.15) is 0 Å². The van der Waals surface area contributed by atoms with Crippen LogP contribution in [0, 0.1) is 0 Å². The lowest BCUT2D eigenvalue weighted by Crippen LogP contribution is -2.47. The number of rotatable bonds is 2. The number of halogens is 1. The molecule has 17 heavy (non-hydrogen) atoms. The molecule has 1 aliphatic heterocycles. The Bertz CT molecular complexity index is 408. The quantitative estimate of drug-likeness (QED) is 0.883. The third-order valence-corrected chi connectivity index (χ3v) is 3.53. The van der Waals surface area contributed by atoms with Gasteiger partial charge in [-0.25, -0.2) is 0 Å². The molecule has 1 aromatic heterocycles. The van der Waals surface area contributed by atoms with Gasteiger partial charge in [0.1, 0.15) is 0 Å². The monoisotopic (exact) mass is 255 g/mol. The van der Waals surface area contributed by atoms with E-state index in [2.05, 4.69) is 4.98 Å². The molecule has 0 aromatic carbocycles. The Balaban J connectivity index is 2.15. The first-order valence-corrected chi connectivity index (χ1v) is 6.23. The van der Waals surface area contributed by atoms with Crippen LogP contribution in [0.3, 0.4) is 0 Å². The van der Waals surface area contributed by atoms with Gasteiger partial charge in [-0.15, -0.1) is 0 Å². The summed E-state index contributed by atoms with van der Waals surface area (Å²) in [5.41, 5.74) is -0.0546. The van der Waals surface area contributed by atoms with Crippen LogP contribution in [-0.2, 0) is 11.2 Å². The lowest BCUT2D eigenvalue weighted by molar-refractivity contribution is -0.143. The second kappa shape index (κ2) is 4.56. The molecule has 1 atom stereocenters. The van der Waals surface area contributed by atoms with Gasteiger partial charge in [0, 0.05) is 25.2 Å². The molecule has 1 saturated heterocycles. The van der Waals surface area contributed by atoms with Crippen molar-refractivity contribution in [1.29, 1.82) is 0 Å². The fourth-order valence-corrected chi connectivity index (χ4v) is 2.69. The summed E-state index contributed by atoms with van der Waals surface area (Å²) in [5.74, 6) is 0. The Morgan fingerprint density at radius 3 is 2.94 bits per heavy atom. The fraction of sp³-hybridized carbons (Fsp3) is 0.615. The van der Waals surface area contributed by atoms with Crippen LogP contribution in [0.15, 0.2) is 18.5 Å². The van der Waals surface area contributed by atoms with E-state index >= 15 is 0 Å². The van der Waals surface area contributed by atoms with Crippen molar-refractivity contribution in [1.82, 2.24) is 4.98 Å². The number of ether oxygens (including phenoxy) is 1. The maximum absolute atomic E-state index is 10.6. The minimum Gasteiger partial charge on any atom is -0.389 e. The number of nitrogens with zero attached hydrogens (tertiary/aromatic N) is 1. The van der Waals surface area contributed by atoms with E-state index in [1.165, 1.54) is 0 Å². The molecular weight excluding hydrogens is 238 g/mol. The molecule has 0 bridgehead atoms. The fourth-order valence-electron chi connectivity index (χ4n) is 2.50. The van der Waals surface area contributed by atoms with Crippen molar-refractivity contribution in [2.75, 3.05) is 6.61 Å². The molecule has 0 aliphatic carbocycles. The van der Waals surface area contributed by atoms with E-state index in [0.29, 0.717) is 30.9 Å². The predicted octanol–water partition coefficient (Wildman–Crippen LogP) is 2.60. The Kier molecular flexibility index (Phi) is 3.43. The SMILES string of the molecule is CC1(C)CC(O)(Cc2ccncc2Cl)CCO1. The minimum absolute atomic E-state index is 0.271. The molecule has 0 spiro atoms. The summed E-state index contributed by atoms with van der Waals surface area (Å²) in [4.78, 5) is 3.95. The highest BCUT2D eigenvalue weighted by Gasteiger charge is 2.39. The molecule has 4 heteroatoms. The molecule has 1 unspecified atom stereocenters. The van der Waals surface area contributed by atoms with E-state index in [9.17, 15) is 5.11 Å². The summed E-state index contributed by atoms with van der Waals surface area (Å²) in [5, 5.41) is 11.2. The number of hydrogen-bond acceptors (Lipinski definition) is 3. The lowest BCUT2D eigenvalue weighted by atomic mass is 9.80. The summed E-state index contributed by atoms with van der Waals surface area (Å²) in [6, 6.07) is 1.86. The Labute approximate surface area is 107 Å². The van der Waals surface area contributed by atoms with E-state index in [-0.39, 0.29) is 5.60 Å². The zero-order valence-corrected chi connectivity index (χ0v) is 11.0. The third kappa shape index (κ3) is 3.18. The topological polar surface area (TPSA) is 42.4 Å². The van der Waals surface area contributed by atoms with E-state index in [1.54, 1.807) is 12.4 Å². The van der Waals surface area contributed by atoms with Crippen molar-refractivity contribution in [3.63, 3.8) is 0 Å². The maximum Gasteiger partial charge on any atom is 0.0737 e. The summed E-state index contributed by atoms with van der Waals surface area (Å²) in [6.45, 7) is 4.60. The molecule has 0 amide bonds. The average Bonchev–Trinajstić information content (AvgIpc) is 2.19. The van der Waals surface area contributed by atoms with Gasteiger partial charge in [-0.05, 0) is 31.9 Å². The first-order valence-electron chi connectivity index (χ1n) is 5.85. The maximum atomic E-state index is 10.6. The standard InChI is InChI=1S/C13H18ClNO2/c1-12(2)9-13(16,4-6-17-12)7-10-3-5-15-8-11(10)14/h3,5,8,16H,4,6-7,9H2,1-2H3. The second-order valence-electron chi connectivity index (χ2n) is 5.40. The molecule has 1 fully saturated rings. The van der Waals surface area contributed by atoms with E-state index in [0.717, 1.165) is 5.56 Å². The second-order valence-corrected chi connectivity index (χ2v) is 5.81.